The van der Waals surface area contributed by atoms with Crippen LogP contribution in [0.2, 0.25) is 0 Å². The number of ether oxygens (including phenoxy) is 1. The SMILES string of the molecule is CC1CNCC(C(=O)NCC2(C)CCCO2)C1. The summed E-state index contributed by atoms with van der Waals surface area (Å²) in [4.78, 5) is 12.0. The van der Waals surface area contributed by atoms with Crippen molar-refractivity contribution in [2.45, 2.75) is 38.7 Å². The van der Waals surface area contributed by atoms with Crippen molar-refractivity contribution in [2.24, 2.45) is 11.8 Å². The van der Waals surface area contributed by atoms with Gasteiger partial charge in [-0.3, -0.25) is 4.79 Å². The highest BCUT2D eigenvalue weighted by atomic mass is 16.5. The second-order valence-corrected chi connectivity index (χ2v) is 5.82. The maximum absolute atomic E-state index is 12.0. The maximum Gasteiger partial charge on any atom is 0.224 e. The molecule has 0 radical (unpaired) electrons. The van der Waals surface area contributed by atoms with E-state index in [9.17, 15) is 4.79 Å². The molecule has 2 aliphatic heterocycles. The molecule has 0 saturated carbocycles. The van der Waals surface area contributed by atoms with E-state index in [-0.39, 0.29) is 17.4 Å². The van der Waals surface area contributed by atoms with Crippen LogP contribution in [0, 0.1) is 11.8 Å². The maximum atomic E-state index is 12.0. The standard InChI is InChI=1S/C13H24N2O2/c1-10-6-11(8-14-7-10)12(16)15-9-13(2)4-3-5-17-13/h10-11,14H,3-9H2,1-2H3,(H,15,16). The van der Waals surface area contributed by atoms with E-state index in [0.717, 1.165) is 39.0 Å². The molecule has 0 aliphatic carbocycles. The number of carbonyl (C=O) groups excluding carboxylic acids is 1. The van der Waals surface area contributed by atoms with Crippen molar-refractivity contribution >= 4 is 5.91 Å². The summed E-state index contributed by atoms with van der Waals surface area (Å²) >= 11 is 0. The number of rotatable bonds is 3. The van der Waals surface area contributed by atoms with Gasteiger partial charge in [0.1, 0.15) is 0 Å². The number of amides is 1. The minimum atomic E-state index is -0.136. The van der Waals surface area contributed by atoms with Crippen molar-refractivity contribution in [1.82, 2.24) is 10.6 Å². The van der Waals surface area contributed by atoms with Gasteiger partial charge in [-0.15, -0.1) is 0 Å². The third-order valence-corrected chi connectivity index (χ3v) is 3.88. The molecule has 2 saturated heterocycles. The van der Waals surface area contributed by atoms with Gasteiger partial charge in [-0.2, -0.15) is 0 Å². The zero-order valence-electron chi connectivity index (χ0n) is 10.9. The predicted octanol–water partition coefficient (Wildman–Crippen LogP) is 0.917. The number of hydrogen-bond donors (Lipinski definition) is 2. The Morgan fingerprint density at radius 1 is 1.53 bits per heavy atom. The van der Waals surface area contributed by atoms with Gasteiger partial charge in [0.25, 0.3) is 0 Å². The van der Waals surface area contributed by atoms with Gasteiger partial charge in [-0.25, -0.2) is 0 Å². The molecule has 0 aromatic rings. The molecular weight excluding hydrogens is 216 g/mol. The van der Waals surface area contributed by atoms with E-state index >= 15 is 0 Å². The quantitative estimate of drug-likeness (QED) is 0.771. The summed E-state index contributed by atoms with van der Waals surface area (Å²) in [6, 6.07) is 0. The normalized spacial score (nSPS) is 38.0. The van der Waals surface area contributed by atoms with E-state index in [1.807, 2.05) is 0 Å². The van der Waals surface area contributed by atoms with Crippen LogP contribution < -0.4 is 10.6 Å². The Bertz CT molecular complexity index is 275. The summed E-state index contributed by atoms with van der Waals surface area (Å²) in [7, 11) is 0. The van der Waals surface area contributed by atoms with Crippen molar-refractivity contribution in [1.29, 1.82) is 0 Å². The van der Waals surface area contributed by atoms with Crippen molar-refractivity contribution in [3.8, 4) is 0 Å². The monoisotopic (exact) mass is 240 g/mol. The molecule has 2 heterocycles. The smallest absolute Gasteiger partial charge is 0.224 e. The van der Waals surface area contributed by atoms with E-state index < -0.39 is 0 Å². The van der Waals surface area contributed by atoms with Crippen LogP contribution in [0.5, 0.6) is 0 Å². The highest BCUT2D eigenvalue weighted by molar-refractivity contribution is 5.79. The van der Waals surface area contributed by atoms with Crippen LogP contribution in [0.1, 0.15) is 33.1 Å². The molecule has 2 rings (SSSR count). The van der Waals surface area contributed by atoms with Gasteiger partial charge in [0.05, 0.1) is 11.5 Å². The number of carbonyl (C=O) groups is 1. The van der Waals surface area contributed by atoms with Crippen LogP contribution in [0.25, 0.3) is 0 Å². The lowest BCUT2D eigenvalue weighted by molar-refractivity contribution is -0.127. The first-order chi connectivity index (χ1) is 8.09. The Morgan fingerprint density at radius 3 is 3.00 bits per heavy atom. The zero-order valence-corrected chi connectivity index (χ0v) is 10.9. The fourth-order valence-electron chi connectivity index (χ4n) is 2.75. The van der Waals surface area contributed by atoms with Gasteiger partial charge < -0.3 is 15.4 Å². The van der Waals surface area contributed by atoms with E-state index in [0.29, 0.717) is 12.5 Å². The Kier molecular flexibility index (Phi) is 4.05. The molecule has 0 aromatic carbocycles. The molecule has 2 fully saturated rings. The lowest BCUT2D eigenvalue weighted by atomic mass is 9.91. The van der Waals surface area contributed by atoms with Crippen LogP contribution in [0.15, 0.2) is 0 Å². The van der Waals surface area contributed by atoms with Gasteiger partial charge in [0.15, 0.2) is 0 Å². The molecule has 3 unspecified atom stereocenters. The Balaban J connectivity index is 1.76. The van der Waals surface area contributed by atoms with Gasteiger partial charge in [-0.1, -0.05) is 6.92 Å². The molecule has 0 aromatic heterocycles. The first kappa shape index (κ1) is 12.8. The summed E-state index contributed by atoms with van der Waals surface area (Å²) in [6.07, 6.45) is 3.15. The largest absolute Gasteiger partial charge is 0.373 e. The highest BCUT2D eigenvalue weighted by Crippen LogP contribution is 2.24. The molecular formula is C13H24N2O2. The van der Waals surface area contributed by atoms with Crippen LogP contribution >= 0.6 is 0 Å². The van der Waals surface area contributed by atoms with Crippen molar-refractivity contribution < 1.29 is 9.53 Å². The molecule has 4 nitrogen and oxygen atoms in total. The van der Waals surface area contributed by atoms with Gasteiger partial charge in [-0.05, 0) is 38.6 Å². The topological polar surface area (TPSA) is 50.4 Å². The fraction of sp³-hybridized carbons (Fsp3) is 0.923. The summed E-state index contributed by atoms with van der Waals surface area (Å²) < 4.78 is 5.67. The van der Waals surface area contributed by atoms with E-state index in [1.54, 1.807) is 0 Å². The molecule has 0 bridgehead atoms. The van der Waals surface area contributed by atoms with Gasteiger partial charge >= 0.3 is 0 Å². The lowest BCUT2D eigenvalue weighted by Gasteiger charge is -2.29. The number of hydrogen-bond acceptors (Lipinski definition) is 3. The molecule has 0 spiro atoms. The summed E-state index contributed by atoms with van der Waals surface area (Å²) in [5, 5.41) is 6.36. The predicted molar refractivity (Wildman–Crippen MR) is 66.7 cm³/mol. The lowest BCUT2D eigenvalue weighted by Crippen LogP contribution is -2.47. The molecule has 17 heavy (non-hydrogen) atoms. The van der Waals surface area contributed by atoms with E-state index in [1.165, 1.54) is 0 Å². The van der Waals surface area contributed by atoms with Crippen LogP contribution in [0.3, 0.4) is 0 Å². The van der Waals surface area contributed by atoms with Crippen molar-refractivity contribution in [3.63, 3.8) is 0 Å². The molecule has 2 N–H and O–H groups in total. The third-order valence-electron chi connectivity index (χ3n) is 3.88. The zero-order chi connectivity index (χ0) is 12.3. The molecule has 2 aliphatic rings. The Morgan fingerprint density at radius 2 is 2.35 bits per heavy atom. The van der Waals surface area contributed by atoms with E-state index in [4.69, 9.17) is 4.74 Å². The van der Waals surface area contributed by atoms with Gasteiger partial charge in [0, 0.05) is 19.7 Å². The van der Waals surface area contributed by atoms with E-state index in [2.05, 4.69) is 24.5 Å². The second-order valence-electron chi connectivity index (χ2n) is 5.82. The third kappa shape index (κ3) is 3.42. The first-order valence-corrected chi connectivity index (χ1v) is 6.71. The van der Waals surface area contributed by atoms with Crippen LogP contribution in [0.4, 0.5) is 0 Å². The Hall–Kier alpha value is -0.610. The van der Waals surface area contributed by atoms with Crippen molar-refractivity contribution in [2.75, 3.05) is 26.2 Å². The second kappa shape index (κ2) is 5.36. The number of nitrogens with one attached hydrogen (secondary N) is 2. The first-order valence-electron chi connectivity index (χ1n) is 6.71. The average molecular weight is 240 g/mol. The number of piperidine rings is 1. The molecule has 4 heteroatoms. The minimum absolute atomic E-state index is 0.128. The Labute approximate surface area is 103 Å². The molecule has 3 atom stereocenters. The highest BCUT2D eigenvalue weighted by Gasteiger charge is 2.31. The minimum Gasteiger partial charge on any atom is -0.373 e. The molecule has 1 amide bonds. The van der Waals surface area contributed by atoms with Crippen LogP contribution in [-0.4, -0.2) is 37.7 Å². The van der Waals surface area contributed by atoms with Gasteiger partial charge in [0.2, 0.25) is 5.91 Å². The van der Waals surface area contributed by atoms with Crippen LogP contribution in [-0.2, 0) is 9.53 Å². The summed E-state index contributed by atoms with van der Waals surface area (Å²) in [5.74, 6) is 0.905. The molecule has 98 valence electrons. The fourth-order valence-corrected chi connectivity index (χ4v) is 2.75. The summed E-state index contributed by atoms with van der Waals surface area (Å²) in [5.41, 5.74) is -0.136. The summed E-state index contributed by atoms with van der Waals surface area (Å²) in [6.45, 7) is 7.60. The average Bonchev–Trinajstić information content (AvgIpc) is 2.74. The van der Waals surface area contributed by atoms with Crippen molar-refractivity contribution in [3.05, 3.63) is 0 Å².